The second-order valence-corrected chi connectivity index (χ2v) is 4.79. The SMILES string of the molecule is C=C(C)c1cnc(-c2ccc(Cl)c3[nH]c(=O)oc23)cn1. The Morgan fingerprint density at radius 3 is 2.80 bits per heavy atom. The first-order chi connectivity index (χ1) is 9.56. The smallest absolute Gasteiger partial charge is 0.407 e. The number of oxazole rings is 1. The molecule has 6 heteroatoms. The maximum Gasteiger partial charge on any atom is 0.417 e. The van der Waals surface area contributed by atoms with Gasteiger partial charge in [0.2, 0.25) is 0 Å². The average Bonchev–Trinajstić information content (AvgIpc) is 2.82. The molecular formula is C14H10ClN3O2. The zero-order valence-corrected chi connectivity index (χ0v) is 11.4. The number of rotatable bonds is 2. The van der Waals surface area contributed by atoms with Gasteiger partial charge in [0.15, 0.2) is 5.58 Å². The maximum atomic E-state index is 11.3. The quantitative estimate of drug-likeness (QED) is 0.785. The molecule has 3 aromatic rings. The normalized spacial score (nSPS) is 10.9. The number of nitrogens with zero attached hydrogens (tertiary/aromatic N) is 2. The Morgan fingerprint density at radius 2 is 2.15 bits per heavy atom. The van der Waals surface area contributed by atoms with Crippen molar-refractivity contribution in [3.8, 4) is 11.3 Å². The molecule has 100 valence electrons. The predicted molar refractivity (Wildman–Crippen MR) is 77.6 cm³/mol. The second-order valence-electron chi connectivity index (χ2n) is 4.38. The molecule has 0 aliphatic heterocycles. The highest BCUT2D eigenvalue weighted by molar-refractivity contribution is 6.35. The molecular weight excluding hydrogens is 278 g/mol. The number of hydrogen-bond donors (Lipinski definition) is 1. The standard InChI is InChI=1S/C14H10ClN3O2/c1-7(2)10-5-17-11(6-16-10)8-3-4-9(15)12-13(8)20-14(19)18-12/h3-6H,1H2,2H3,(H,18,19). The number of hydrogen-bond acceptors (Lipinski definition) is 4. The number of fused-ring (bicyclic) bond motifs is 1. The molecule has 5 nitrogen and oxygen atoms in total. The first-order valence-electron chi connectivity index (χ1n) is 5.86. The van der Waals surface area contributed by atoms with Crippen molar-refractivity contribution in [1.82, 2.24) is 15.0 Å². The van der Waals surface area contributed by atoms with Gasteiger partial charge in [-0.25, -0.2) is 4.79 Å². The topological polar surface area (TPSA) is 71.8 Å². The van der Waals surface area contributed by atoms with E-state index in [4.69, 9.17) is 16.0 Å². The number of aromatic amines is 1. The van der Waals surface area contributed by atoms with Crippen molar-refractivity contribution < 1.29 is 4.42 Å². The molecule has 0 unspecified atom stereocenters. The molecule has 0 fully saturated rings. The molecule has 0 aliphatic rings. The summed E-state index contributed by atoms with van der Waals surface area (Å²) >= 11 is 6.02. The van der Waals surface area contributed by atoms with E-state index in [-0.39, 0.29) is 0 Å². The molecule has 0 spiro atoms. The van der Waals surface area contributed by atoms with E-state index in [2.05, 4.69) is 21.5 Å². The van der Waals surface area contributed by atoms with Crippen LogP contribution < -0.4 is 5.76 Å². The van der Waals surface area contributed by atoms with Crippen molar-refractivity contribution in [2.75, 3.05) is 0 Å². The van der Waals surface area contributed by atoms with Gasteiger partial charge in [0, 0.05) is 5.56 Å². The van der Waals surface area contributed by atoms with Crippen molar-refractivity contribution in [1.29, 1.82) is 0 Å². The summed E-state index contributed by atoms with van der Waals surface area (Å²) in [5.41, 5.74) is 3.63. The average molecular weight is 288 g/mol. The van der Waals surface area contributed by atoms with Crippen molar-refractivity contribution >= 4 is 28.3 Å². The fourth-order valence-corrected chi connectivity index (χ4v) is 2.09. The van der Waals surface area contributed by atoms with Crippen LogP contribution in [-0.2, 0) is 0 Å². The van der Waals surface area contributed by atoms with Crippen LogP contribution in [0.5, 0.6) is 0 Å². The molecule has 2 heterocycles. The molecule has 0 aliphatic carbocycles. The van der Waals surface area contributed by atoms with Gasteiger partial charge in [0.1, 0.15) is 5.52 Å². The molecule has 0 saturated heterocycles. The zero-order valence-electron chi connectivity index (χ0n) is 10.6. The van der Waals surface area contributed by atoms with Crippen LogP contribution in [0.15, 0.2) is 40.3 Å². The fraction of sp³-hybridized carbons (Fsp3) is 0.0714. The van der Waals surface area contributed by atoms with Gasteiger partial charge in [-0.05, 0) is 24.6 Å². The van der Waals surface area contributed by atoms with Crippen LogP contribution in [0, 0.1) is 0 Å². The van der Waals surface area contributed by atoms with E-state index in [9.17, 15) is 4.79 Å². The number of aromatic nitrogens is 3. The minimum Gasteiger partial charge on any atom is -0.407 e. The largest absolute Gasteiger partial charge is 0.417 e. The van der Waals surface area contributed by atoms with Crippen molar-refractivity contribution in [3.63, 3.8) is 0 Å². The second kappa shape index (κ2) is 4.61. The van der Waals surface area contributed by atoms with Gasteiger partial charge in [-0.2, -0.15) is 0 Å². The number of nitrogens with one attached hydrogen (secondary N) is 1. The molecule has 3 rings (SSSR count). The number of halogens is 1. The lowest BCUT2D eigenvalue weighted by molar-refractivity contribution is 0.556. The van der Waals surface area contributed by atoms with Crippen LogP contribution in [0.3, 0.4) is 0 Å². The van der Waals surface area contributed by atoms with Gasteiger partial charge in [0.25, 0.3) is 0 Å². The van der Waals surface area contributed by atoms with Crippen LogP contribution in [-0.4, -0.2) is 15.0 Å². The molecule has 1 N–H and O–H groups in total. The predicted octanol–water partition coefficient (Wildman–Crippen LogP) is 3.26. The lowest BCUT2D eigenvalue weighted by Crippen LogP contribution is -1.93. The van der Waals surface area contributed by atoms with E-state index in [1.54, 1.807) is 24.5 Å². The summed E-state index contributed by atoms with van der Waals surface area (Å²) in [6.07, 6.45) is 3.24. The van der Waals surface area contributed by atoms with Crippen molar-refractivity contribution in [3.05, 3.63) is 52.4 Å². The Labute approximate surface area is 118 Å². The highest BCUT2D eigenvalue weighted by Gasteiger charge is 2.13. The summed E-state index contributed by atoms with van der Waals surface area (Å²) in [7, 11) is 0. The Bertz CT molecular complexity index is 862. The Hall–Kier alpha value is -2.40. The molecule has 0 amide bonds. The monoisotopic (exact) mass is 287 g/mol. The van der Waals surface area contributed by atoms with Crippen LogP contribution in [0.4, 0.5) is 0 Å². The lowest BCUT2D eigenvalue weighted by atomic mass is 10.1. The third-order valence-electron chi connectivity index (χ3n) is 2.89. The third kappa shape index (κ3) is 2.02. The van der Waals surface area contributed by atoms with Gasteiger partial charge in [-0.15, -0.1) is 0 Å². The van der Waals surface area contributed by atoms with Crippen LogP contribution in [0.25, 0.3) is 27.9 Å². The Balaban J connectivity index is 2.21. The van der Waals surface area contributed by atoms with Gasteiger partial charge in [-0.1, -0.05) is 18.2 Å². The third-order valence-corrected chi connectivity index (χ3v) is 3.21. The molecule has 0 bridgehead atoms. The molecule has 0 radical (unpaired) electrons. The van der Waals surface area contributed by atoms with E-state index in [0.717, 1.165) is 11.3 Å². The van der Waals surface area contributed by atoms with Crippen molar-refractivity contribution in [2.45, 2.75) is 6.92 Å². The molecule has 20 heavy (non-hydrogen) atoms. The number of allylic oxidation sites excluding steroid dienone is 1. The van der Waals surface area contributed by atoms with Gasteiger partial charge in [0.05, 0.1) is 28.8 Å². The van der Waals surface area contributed by atoms with E-state index in [0.29, 0.717) is 27.4 Å². The summed E-state index contributed by atoms with van der Waals surface area (Å²) in [6, 6.07) is 3.42. The van der Waals surface area contributed by atoms with Crippen LogP contribution in [0.2, 0.25) is 5.02 Å². The summed E-state index contributed by atoms with van der Waals surface area (Å²) in [6.45, 7) is 5.66. The van der Waals surface area contributed by atoms with Gasteiger partial charge in [-0.3, -0.25) is 15.0 Å². The number of H-pyrrole nitrogens is 1. The summed E-state index contributed by atoms with van der Waals surface area (Å²) in [5.74, 6) is -0.555. The van der Waals surface area contributed by atoms with Gasteiger partial charge < -0.3 is 4.42 Å². The Morgan fingerprint density at radius 1 is 1.35 bits per heavy atom. The summed E-state index contributed by atoms with van der Waals surface area (Å²) in [4.78, 5) is 22.5. The first kappa shape index (κ1) is 12.6. The fourth-order valence-electron chi connectivity index (χ4n) is 1.89. The van der Waals surface area contributed by atoms with E-state index in [1.165, 1.54) is 0 Å². The molecule has 2 aromatic heterocycles. The van der Waals surface area contributed by atoms with E-state index in [1.807, 2.05) is 6.92 Å². The lowest BCUT2D eigenvalue weighted by Gasteiger charge is -2.03. The molecule has 0 saturated carbocycles. The maximum absolute atomic E-state index is 11.3. The molecule has 1 aromatic carbocycles. The highest BCUT2D eigenvalue weighted by atomic mass is 35.5. The Kier molecular flexibility index (Phi) is 2.91. The summed E-state index contributed by atoms with van der Waals surface area (Å²) in [5, 5.41) is 0.418. The molecule has 0 atom stereocenters. The summed E-state index contributed by atoms with van der Waals surface area (Å²) < 4.78 is 5.13. The van der Waals surface area contributed by atoms with Crippen molar-refractivity contribution in [2.24, 2.45) is 0 Å². The van der Waals surface area contributed by atoms with E-state index < -0.39 is 5.76 Å². The first-order valence-corrected chi connectivity index (χ1v) is 6.23. The van der Waals surface area contributed by atoms with Crippen LogP contribution in [0.1, 0.15) is 12.6 Å². The minimum atomic E-state index is -0.555. The van der Waals surface area contributed by atoms with Crippen LogP contribution >= 0.6 is 11.6 Å². The zero-order chi connectivity index (χ0) is 14.3. The number of benzene rings is 1. The van der Waals surface area contributed by atoms with Gasteiger partial charge >= 0.3 is 5.76 Å². The highest BCUT2D eigenvalue weighted by Crippen LogP contribution is 2.30. The van der Waals surface area contributed by atoms with E-state index >= 15 is 0 Å². The minimum absolute atomic E-state index is 0.375.